The first-order valence-corrected chi connectivity index (χ1v) is 11.3. The van der Waals surface area contributed by atoms with Crippen LogP contribution in [0.3, 0.4) is 0 Å². The van der Waals surface area contributed by atoms with Gasteiger partial charge in [-0.25, -0.2) is 0 Å². The van der Waals surface area contributed by atoms with Crippen LogP contribution in [0.15, 0.2) is 0 Å². The fraction of sp³-hybridized carbons (Fsp3) is 0.957. The molecule has 1 N–H and O–H groups in total. The minimum Gasteiger partial charge on any atom is -0.390 e. The van der Waals surface area contributed by atoms with E-state index in [2.05, 4.69) is 13.8 Å². The van der Waals surface area contributed by atoms with E-state index in [0.29, 0.717) is 23.7 Å². The Morgan fingerprint density at radius 1 is 0.966 bits per heavy atom. The van der Waals surface area contributed by atoms with E-state index in [-0.39, 0.29) is 16.9 Å². The zero-order chi connectivity index (χ0) is 21.2. The summed E-state index contributed by atoms with van der Waals surface area (Å²) in [5.41, 5.74) is -0.411. The molecule has 0 saturated heterocycles. The van der Waals surface area contributed by atoms with E-state index < -0.39 is 24.2 Å². The molecule has 0 aromatic carbocycles. The van der Waals surface area contributed by atoms with Crippen LogP contribution in [0.25, 0.3) is 0 Å². The van der Waals surface area contributed by atoms with Crippen molar-refractivity contribution in [1.82, 2.24) is 0 Å². The number of ketones is 1. The highest BCUT2D eigenvalue weighted by Crippen LogP contribution is 2.67. The van der Waals surface area contributed by atoms with Gasteiger partial charge in [-0.05, 0) is 99.2 Å². The molecule has 4 rings (SSSR count). The summed E-state index contributed by atoms with van der Waals surface area (Å²) in [6, 6.07) is 0. The second-order valence-corrected chi connectivity index (χ2v) is 11.2. The molecule has 3 nitrogen and oxygen atoms in total. The van der Waals surface area contributed by atoms with Gasteiger partial charge in [-0.15, -0.1) is 0 Å². The lowest BCUT2D eigenvalue weighted by atomic mass is 9.44. The van der Waals surface area contributed by atoms with E-state index in [9.17, 15) is 23.1 Å². The lowest BCUT2D eigenvalue weighted by Gasteiger charge is -2.61. The maximum Gasteiger partial charge on any atom is 0.452 e. The normalized spacial score (nSPS) is 49.8. The highest BCUT2D eigenvalue weighted by Gasteiger charge is 2.61. The molecule has 0 spiro atoms. The average molecular weight is 417 g/mol. The number of Topliss-reactive ketones (excluding diaryl/α,β-unsaturated/α-hetero) is 1. The van der Waals surface area contributed by atoms with Gasteiger partial charge >= 0.3 is 6.18 Å². The van der Waals surface area contributed by atoms with Crippen molar-refractivity contribution in [3.8, 4) is 0 Å². The maximum absolute atomic E-state index is 12.6. The molecule has 4 unspecified atom stereocenters. The predicted octanol–water partition coefficient (Wildman–Crippen LogP) is 5.30. The van der Waals surface area contributed by atoms with Crippen molar-refractivity contribution in [1.29, 1.82) is 0 Å². The number of hydrogen-bond donors (Lipinski definition) is 1. The molecule has 0 aliphatic heterocycles. The fourth-order valence-electron chi connectivity index (χ4n) is 7.92. The Morgan fingerprint density at radius 2 is 1.66 bits per heavy atom. The van der Waals surface area contributed by atoms with Crippen LogP contribution < -0.4 is 0 Å². The van der Waals surface area contributed by atoms with Crippen molar-refractivity contribution in [3.05, 3.63) is 0 Å². The largest absolute Gasteiger partial charge is 0.452 e. The Balaban J connectivity index is 1.47. The number of rotatable bonds is 3. The third-order valence-corrected chi connectivity index (χ3v) is 9.60. The number of fused-ring (bicyclic) bond motifs is 5. The Labute approximate surface area is 171 Å². The second-order valence-electron chi connectivity index (χ2n) is 11.2. The van der Waals surface area contributed by atoms with E-state index in [1.165, 1.54) is 0 Å². The molecule has 8 atom stereocenters. The third-order valence-electron chi connectivity index (χ3n) is 9.60. The van der Waals surface area contributed by atoms with Crippen LogP contribution >= 0.6 is 0 Å². The molecular weight excluding hydrogens is 381 g/mol. The molecule has 0 heterocycles. The van der Waals surface area contributed by atoms with Crippen LogP contribution in [0, 0.1) is 34.5 Å². The summed E-state index contributed by atoms with van der Waals surface area (Å²) in [6.45, 7) is 5.73. The summed E-state index contributed by atoms with van der Waals surface area (Å²) in [6.07, 6.45) is 3.82. The second kappa shape index (κ2) is 6.94. The summed E-state index contributed by atoms with van der Waals surface area (Å²) in [7, 11) is 0. The van der Waals surface area contributed by atoms with Crippen molar-refractivity contribution in [2.45, 2.75) is 96.4 Å². The summed E-state index contributed by atoms with van der Waals surface area (Å²) in [4.78, 5) is 11.3. The van der Waals surface area contributed by atoms with E-state index in [4.69, 9.17) is 4.74 Å². The van der Waals surface area contributed by atoms with Crippen molar-refractivity contribution >= 4 is 5.78 Å². The van der Waals surface area contributed by atoms with Crippen LogP contribution in [0.2, 0.25) is 0 Å². The number of hydrogen-bond acceptors (Lipinski definition) is 3. The van der Waals surface area contributed by atoms with E-state index >= 15 is 0 Å². The minimum absolute atomic E-state index is 0.129. The molecule has 0 aromatic rings. The third kappa shape index (κ3) is 3.56. The maximum atomic E-state index is 12.6. The van der Waals surface area contributed by atoms with Gasteiger partial charge in [-0.1, -0.05) is 13.8 Å². The van der Waals surface area contributed by atoms with Crippen LogP contribution in [0.1, 0.15) is 78.6 Å². The monoisotopic (exact) mass is 416 g/mol. The highest BCUT2D eigenvalue weighted by molar-refractivity contribution is 5.85. The summed E-state index contributed by atoms with van der Waals surface area (Å²) in [5.74, 6) is 0.471. The van der Waals surface area contributed by atoms with Gasteiger partial charge in [-0.3, -0.25) is 4.79 Å². The standard InChI is InChI=1S/C23H35F3O3/c1-20(28)10-11-21(2)14(12-20)4-5-15-16-6-7-19(22(16,3)9-8-17(15)21)29-13-18(27)23(24,25)26/h14-17,19,28H,4-13H2,1-3H3/t14-,15?,16?,17?,19-,20-,21?,22-/m0/s1. The van der Waals surface area contributed by atoms with Crippen LogP contribution in [0.4, 0.5) is 13.2 Å². The SMILES string of the molecule is CC12CC[C@](C)(O)C[C@@H]1CCC1C2CC[C@@]2(C)C1CC[C@@H]2OCC(=O)C(F)(F)F. The first-order chi connectivity index (χ1) is 13.4. The van der Waals surface area contributed by atoms with Crippen LogP contribution in [-0.4, -0.2) is 35.4 Å². The van der Waals surface area contributed by atoms with Gasteiger partial charge in [0.2, 0.25) is 0 Å². The molecule has 4 saturated carbocycles. The number of alkyl halides is 3. The Morgan fingerprint density at radius 3 is 2.34 bits per heavy atom. The van der Waals surface area contributed by atoms with Gasteiger partial charge in [0.1, 0.15) is 6.61 Å². The van der Waals surface area contributed by atoms with Gasteiger partial charge in [0.05, 0.1) is 11.7 Å². The fourth-order valence-corrected chi connectivity index (χ4v) is 7.92. The molecule has 0 radical (unpaired) electrons. The predicted molar refractivity (Wildman–Crippen MR) is 103 cm³/mol. The minimum atomic E-state index is -4.81. The molecular formula is C23H35F3O3. The molecule has 4 aliphatic carbocycles. The highest BCUT2D eigenvalue weighted by atomic mass is 19.4. The first-order valence-electron chi connectivity index (χ1n) is 11.3. The lowest BCUT2D eigenvalue weighted by Crippen LogP contribution is -2.56. The number of carbonyl (C=O) groups excluding carboxylic acids is 1. The van der Waals surface area contributed by atoms with Crippen molar-refractivity contribution in [3.63, 3.8) is 0 Å². The van der Waals surface area contributed by atoms with Gasteiger partial charge in [0, 0.05) is 0 Å². The van der Waals surface area contributed by atoms with Gasteiger partial charge in [0.25, 0.3) is 5.78 Å². The number of halogens is 3. The Bertz CT molecular complexity index is 660. The van der Waals surface area contributed by atoms with Crippen LogP contribution in [-0.2, 0) is 9.53 Å². The molecule has 4 aliphatic rings. The topological polar surface area (TPSA) is 46.5 Å². The number of ether oxygens (including phenoxy) is 1. The quantitative estimate of drug-likeness (QED) is 0.679. The van der Waals surface area contributed by atoms with E-state index in [1.807, 2.05) is 6.92 Å². The molecule has 0 bridgehead atoms. The molecule has 29 heavy (non-hydrogen) atoms. The molecule has 4 fully saturated rings. The first kappa shape index (κ1) is 21.6. The van der Waals surface area contributed by atoms with E-state index in [1.54, 1.807) is 0 Å². The zero-order valence-electron chi connectivity index (χ0n) is 17.9. The van der Waals surface area contributed by atoms with Gasteiger partial charge in [0.15, 0.2) is 0 Å². The molecule has 6 heteroatoms. The van der Waals surface area contributed by atoms with Gasteiger partial charge < -0.3 is 9.84 Å². The van der Waals surface area contributed by atoms with E-state index in [0.717, 1.165) is 57.8 Å². The Kier molecular flexibility index (Phi) is 5.17. The van der Waals surface area contributed by atoms with Crippen molar-refractivity contribution < 1.29 is 27.8 Å². The summed E-state index contributed by atoms with van der Waals surface area (Å²) >= 11 is 0. The van der Waals surface area contributed by atoms with Crippen LogP contribution in [0.5, 0.6) is 0 Å². The van der Waals surface area contributed by atoms with Crippen molar-refractivity contribution in [2.75, 3.05) is 6.61 Å². The van der Waals surface area contributed by atoms with Gasteiger partial charge in [-0.2, -0.15) is 13.2 Å². The lowest BCUT2D eigenvalue weighted by molar-refractivity contribution is -0.182. The number of aliphatic hydroxyl groups is 1. The molecule has 0 aromatic heterocycles. The summed E-state index contributed by atoms with van der Waals surface area (Å²) < 4.78 is 43.3. The number of carbonyl (C=O) groups is 1. The average Bonchev–Trinajstić information content (AvgIpc) is 2.95. The Hall–Kier alpha value is -0.620. The van der Waals surface area contributed by atoms with Crippen molar-refractivity contribution in [2.24, 2.45) is 34.5 Å². The smallest absolute Gasteiger partial charge is 0.390 e. The molecule has 166 valence electrons. The summed E-state index contributed by atoms with van der Waals surface area (Å²) in [5, 5.41) is 10.6. The molecule has 0 amide bonds. The zero-order valence-corrected chi connectivity index (χ0v) is 17.9.